The molecule has 5 nitrogen and oxygen atoms in total. The first-order chi connectivity index (χ1) is 5.13. The Hall–Kier alpha value is -0.520. The van der Waals surface area contributed by atoms with Crippen LogP contribution in [0.15, 0.2) is 16.7 Å². The van der Waals surface area contributed by atoms with E-state index in [2.05, 4.69) is 4.42 Å². The first kappa shape index (κ1) is 11.5. The number of carboxylic acids is 2. The quantitative estimate of drug-likeness (QED) is 0.490. The summed E-state index contributed by atoms with van der Waals surface area (Å²) >= 11 is 0. The van der Waals surface area contributed by atoms with Gasteiger partial charge in [0.2, 0.25) is 0 Å². The summed E-state index contributed by atoms with van der Waals surface area (Å²) in [4.78, 5) is 20.2. The van der Waals surface area contributed by atoms with Crippen LogP contribution in [0, 0.1) is 0 Å². The van der Waals surface area contributed by atoms with E-state index in [9.17, 15) is 19.8 Å². The Morgan fingerprint density at radius 2 is 1.83 bits per heavy atom. The third-order valence-electron chi connectivity index (χ3n) is 1.07. The van der Waals surface area contributed by atoms with Crippen LogP contribution in [0.2, 0.25) is 0 Å². The van der Waals surface area contributed by atoms with Crippen LogP contribution < -0.4 is 10.2 Å². The Kier molecular flexibility index (Phi) is 4.30. The fourth-order valence-electron chi connectivity index (χ4n) is 0.628. The molecular weight excluding hydrogens is 192 g/mol. The molecule has 0 N–H and O–H groups in total. The van der Waals surface area contributed by atoms with E-state index in [1.165, 1.54) is 0 Å². The summed E-state index contributed by atoms with van der Waals surface area (Å²) in [5.41, 5.74) is -0.509. The molecule has 0 amide bonds. The second-order valence-electron chi connectivity index (χ2n) is 1.74. The Labute approximate surface area is 97.0 Å². The number of carbonyl (C=O) groups excluding carboxylic acids is 2. The average Bonchev–Trinajstić information content (AvgIpc) is 2.32. The van der Waals surface area contributed by atoms with Crippen molar-refractivity contribution in [3.05, 3.63) is 23.7 Å². The van der Waals surface area contributed by atoms with Gasteiger partial charge in [-0.25, -0.2) is 0 Å². The molecule has 0 atom stereocenters. The summed E-state index contributed by atoms with van der Waals surface area (Å²) in [6, 6.07) is 0.987. The van der Waals surface area contributed by atoms with Crippen LogP contribution >= 0.6 is 0 Å². The van der Waals surface area contributed by atoms with Crippen LogP contribution in [0.4, 0.5) is 0 Å². The van der Waals surface area contributed by atoms with E-state index in [0.29, 0.717) is 0 Å². The Morgan fingerprint density at radius 3 is 2.17 bits per heavy atom. The topological polar surface area (TPSA) is 93.4 Å². The van der Waals surface area contributed by atoms with E-state index < -0.39 is 23.3 Å². The van der Waals surface area contributed by atoms with Gasteiger partial charge in [0.1, 0.15) is 5.97 Å². The standard InChI is InChI=1S/C6H4O5.Ca/c7-5(8)3-1-2-11-4(3)6(9)10;/h1-2H,(H,7,8)(H,9,10);/q;+2/p-2. The normalized spacial score (nSPS) is 8.67. The van der Waals surface area contributed by atoms with Gasteiger partial charge in [-0.05, 0) is 6.07 Å². The van der Waals surface area contributed by atoms with Crippen molar-refractivity contribution in [2.45, 2.75) is 0 Å². The summed E-state index contributed by atoms with van der Waals surface area (Å²) in [6.07, 6.45) is 0.941. The van der Waals surface area contributed by atoms with Gasteiger partial charge in [0.05, 0.1) is 12.2 Å². The van der Waals surface area contributed by atoms with Gasteiger partial charge in [-0.15, -0.1) is 0 Å². The molecule has 0 aromatic carbocycles. The van der Waals surface area contributed by atoms with Gasteiger partial charge >= 0.3 is 37.7 Å². The first-order valence-electron chi connectivity index (χ1n) is 2.63. The summed E-state index contributed by atoms with van der Waals surface area (Å²) < 4.78 is 4.30. The van der Waals surface area contributed by atoms with Crippen LogP contribution in [0.1, 0.15) is 20.9 Å². The van der Waals surface area contributed by atoms with Crippen molar-refractivity contribution in [3.63, 3.8) is 0 Å². The fourth-order valence-corrected chi connectivity index (χ4v) is 0.628. The molecule has 0 unspecified atom stereocenters. The Bertz CT molecular complexity index is 274. The number of aromatic carboxylic acids is 2. The summed E-state index contributed by atoms with van der Waals surface area (Å²) in [5.74, 6) is -3.99. The number of carboxylic acid groups (broad SMARTS) is 2. The van der Waals surface area contributed by atoms with Crippen LogP contribution in [0.25, 0.3) is 0 Å². The van der Waals surface area contributed by atoms with Crippen LogP contribution in [-0.2, 0) is 0 Å². The van der Waals surface area contributed by atoms with Gasteiger partial charge in [0, 0.05) is 5.56 Å². The summed E-state index contributed by atoms with van der Waals surface area (Å²) in [6.45, 7) is 0. The molecule has 0 radical (unpaired) electrons. The minimum Gasteiger partial charge on any atom is -0.545 e. The summed E-state index contributed by atoms with van der Waals surface area (Å²) in [5, 5.41) is 20.2. The average molecular weight is 194 g/mol. The molecule has 0 aliphatic carbocycles. The van der Waals surface area contributed by atoms with Crippen LogP contribution in [-0.4, -0.2) is 49.7 Å². The molecule has 0 bridgehead atoms. The number of furan rings is 1. The number of hydrogen-bond acceptors (Lipinski definition) is 5. The van der Waals surface area contributed by atoms with E-state index >= 15 is 0 Å². The zero-order valence-electron chi connectivity index (χ0n) is 5.90. The predicted molar refractivity (Wildman–Crippen MR) is 33.1 cm³/mol. The van der Waals surface area contributed by atoms with Crippen molar-refractivity contribution in [1.29, 1.82) is 0 Å². The van der Waals surface area contributed by atoms with E-state index in [-0.39, 0.29) is 37.7 Å². The van der Waals surface area contributed by atoms with E-state index in [1.807, 2.05) is 0 Å². The third-order valence-corrected chi connectivity index (χ3v) is 1.07. The molecule has 12 heavy (non-hydrogen) atoms. The fraction of sp³-hybridized carbons (Fsp3) is 0. The Balaban J connectivity index is 0.00000121. The predicted octanol–water partition coefficient (Wildman–Crippen LogP) is -2.37. The number of carbonyl (C=O) groups is 2. The van der Waals surface area contributed by atoms with Crippen molar-refractivity contribution < 1.29 is 24.2 Å². The molecule has 1 rings (SSSR count). The van der Waals surface area contributed by atoms with Gasteiger partial charge in [-0.3, -0.25) is 0 Å². The van der Waals surface area contributed by atoms with Crippen LogP contribution in [0.3, 0.4) is 0 Å². The number of rotatable bonds is 2. The van der Waals surface area contributed by atoms with Crippen molar-refractivity contribution in [2.24, 2.45) is 0 Å². The molecule has 0 saturated heterocycles. The SMILES string of the molecule is O=C([O-])c1ccoc1C(=O)[O-].[Ca+2]. The largest absolute Gasteiger partial charge is 2.00 e. The maximum absolute atomic E-state index is 10.1. The Morgan fingerprint density at radius 1 is 1.25 bits per heavy atom. The summed E-state index contributed by atoms with van der Waals surface area (Å²) in [7, 11) is 0. The molecule has 0 aliphatic rings. The van der Waals surface area contributed by atoms with Gasteiger partial charge in [-0.1, -0.05) is 0 Å². The van der Waals surface area contributed by atoms with Crippen LogP contribution in [0.5, 0.6) is 0 Å². The minimum absolute atomic E-state index is 0. The molecule has 1 aromatic heterocycles. The van der Waals surface area contributed by atoms with Crippen molar-refractivity contribution in [2.75, 3.05) is 0 Å². The molecule has 0 aliphatic heterocycles. The van der Waals surface area contributed by atoms with Gasteiger partial charge in [0.15, 0.2) is 5.76 Å². The molecule has 1 aromatic rings. The minimum atomic E-state index is -1.67. The maximum atomic E-state index is 10.1. The van der Waals surface area contributed by atoms with Gasteiger partial charge in [-0.2, -0.15) is 0 Å². The molecule has 0 fully saturated rings. The first-order valence-corrected chi connectivity index (χ1v) is 2.63. The number of hydrogen-bond donors (Lipinski definition) is 0. The third kappa shape index (κ3) is 2.23. The maximum Gasteiger partial charge on any atom is 2.00 e. The van der Waals surface area contributed by atoms with Crippen molar-refractivity contribution >= 4 is 49.7 Å². The molecule has 1 heterocycles. The molecule has 0 saturated carbocycles. The van der Waals surface area contributed by atoms with E-state index in [4.69, 9.17) is 0 Å². The zero-order valence-corrected chi connectivity index (χ0v) is 8.11. The monoisotopic (exact) mass is 194 g/mol. The molecule has 0 spiro atoms. The zero-order chi connectivity index (χ0) is 8.43. The van der Waals surface area contributed by atoms with Gasteiger partial charge in [0.25, 0.3) is 0 Å². The molecule has 6 heteroatoms. The van der Waals surface area contributed by atoms with E-state index in [0.717, 1.165) is 12.3 Å². The smallest absolute Gasteiger partial charge is 0.545 e. The second-order valence-corrected chi connectivity index (χ2v) is 1.74. The van der Waals surface area contributed by atoms with Crippen molar-refractivity contribution in [3.8, 4) is 0 Å². The van der Waals surface area contributed by atoms with Crippen molar-refractivity contribution in [1.82, 2.24) is 0 Å². The molecule has 58 valence electrons. The van der Waals surface area contributed by atoms with Gasteiger partial charge < -0.3 is 24.2 Å². The van der Waals surface area contributed by atoms with E-state index in [1.54, 1.807) is 0 Å². The second kappa shape index (κ2) is 4.49. The molecular formula is C6H2CaO5.